The van der Waals surface area contributed by atoms with E-state index >= 15 is 0 Å². The van der Waals surface area contributed by atoms with Crippen LogP contribution < -0.4 is 11.1 Å². The molecule has 2 amide bonds. The van der Waals surface area contributed by atoms with Crippen molar-refractivity contribution in [3.63, 3.8) is 0 Å². The van der Waals surface area contributed by atoms with Crippen molar-refractivity contribution < 1.29 is 19.4 Å². The summed E-state index contributed by atoms with van der Waals surface area (Å²) >= 11 is 0. The largest absolute Gasteiger partial charge is 0.506 e. The number of phenols is 1. The Kier molecular flexibility index (Phi) is 5.98. The Labute approximate surface area is 159 Å². The summed E-state index contributed by atoms with van der Waals surface area (Å²) in [6.07, 6.45) is 6.23. The number of nitrogens with two attached hydrogens (primary N) is 1. The second kappa shape index (κ2) is 8.41. The van der Waals surface area contributed by atoms with Crippen molar-refractivity contribution in [2.24, 2.45) is 16.8 Å². The highest BCUT2D eigenvalue weighted by atomic mass is 16.5. The lowest BCUT2D eigenvalue weighted by molar-refractivity contribution is -0.148. The molecule has 1 saturated carbocycles. The minimum absolute atomic E-state index is 0.0865. The van der Waals surface area contributed by atoms with E-state index in [1.165, 1.54) is 25.3 Å². The average Bonchev–Trinajstić information content (AvgIpc) is 2.68. The number of esters is 1. The van der Waals surface area contributed by atoms with Gasteiger partial charge in [0.1, 0.15) is 11.7 Å². The van der Waals surface area contributed by atoms with Gasteiger partial charge in [0.2, 0.25) is 0 Å². The molecule has 2 unspecified atom stereocenters. The van der Waals surface area contributed by atoms with Crippen molar-refractivity contribution in [2.45, 2.75) is 51.5 Å². The van der Waals surface area contributed by atoms with Crippen LogP contribution in [0.1, 0.15) is 57.1 Å². The van der Waals surface area contributed by atoms with E-state index in [4.69, 9.17) is 10.5 Å². The molecule has 2 aliphatic rings. The molecule has 2 atom stereocenters. The van der Waals surface area contributed by atoms with Gasteiger partial charge in [-0.05, 0) is 42.9 Å². The number of hydrogen-bond donors (Lipinski definition) is 3. The highest BCUT2D eigenvalue weighted by Gasteiger charge is 2.39. The normalized spacial score (nSPS) is 23.4. The molecule has 7 heteroatoms. The standard InChI is InChI=1S/C20H27N3O4/c1-2-15-17(19(25)27-11-12-6-4-3-5-7-12)18(23-20(26)22-15)13-8-9-14(21)16(24)10-13/h8-10,12,17-18,24H,2-7,11,21H2,1H3,(H,23,26). The SMILES string of the molecule is CCC1=NC(=O)NC(c2ccc(N)c(O)c2)C1C(=O)OCC1CCCCC1. The van der Waals surface area contributed by atoms with Gasteiger partial charge in [0, 0.05) is 5.71 Å². The summed E-state index contributed by atoms with van der Waals surface area (Å²) < 4.78 is 5.64. The van der Waals surface area contributed by atoms with Crippen molar-refractivity contribution in [1.29, 1.82) is 0 Å². The van der Waals surface area contributed by atoms with E-state index in [1.54, 1.807) is 12.1 Å². The quantitative estimate of drug-likeness (QED) is 0.416. The zero-order valence-electron chi connectivity index (χ0n) is 15.6. The number of nitrogen functional groups attached to an aromatic ring is 1. The van der Waals surface area contributed by atoms with Crippen LogP contribution in [-0.2, 0) is 9.53 Å². The van der Waals surface area contributed by atoms with Gasteiger partial charge < -0.3 is 20.9 Å². The average molecular weight is 373 g/mol. The van der Waals surface area contributed by atoms with E-state index in [9.17, 15) is 14.7 Å². The number of amides is 2. The number of rotatable bonds is 5. The van der Waals surface area contributed by atoms with Crippen LogP contribution in [-0.4, -0.2) is 29.4 Å². The van der Waals surface area contributed by atoms with Crippen LogP contribution >= 0.6 is 0 Å². The Bertz CT molecular complexity index is 741. The molecule has 1 aliphatic carbocycles. The summed E-state index contributed by atoms with van der Waals surface area (Å²) in [4.78, 5) is 28.9. The maximum Gasteiger partial charge on any atom is 0.341 e. The molecule has 1 heterocycles. The molecule has 3 rings (SSSR count). The van der Waals surface area contributed by atoms with Gasteiger partial charge in [-0.1, -0.05) is 32.3 Å². The Morgan fingerprint density at radius 1 is 1.33 bits per heavy atom. The van der Waals surface area contributed by atoms with E-state index in [1.807, 2.05) is 6.92 Å². The monoisotopic (exact) mass is 373 g/mol. The lowest BCUT2D eigenvalue weighted by Crippen LogP contribution is -2.45. The Morgan fingerprint density at radius 3 is 2.74 bits per heavy atom. The zero-order chi connectivity index (χ0) is 19.4. The van der Waals surface area contributed by atoms with Crippen LogP contribution in [0.2, 0.25) is 0 Å². The van der Waals surface area contributed by atoms with E-state index < -0.39 is 18.0 Å². The summed E-state index contributed by atoms with van der Waals surface area (Å²) in [6.45, 7) is 2.26. The van der Waals surface area contributed by atoms with Gasteiger partial charge in [0.15, 0.2) is 0 Å². The number of aliphatic imine (C=N–C) groups is 1. The Morgan fingerprint density at radius 2 is 2.07 bits per heavy atom. The minimum atomic E-state index is -0.709. The van der Waals surface area contributed by atoms with E-state index in [0.717, 1.165) is 12.8 Å². The van der Waals surface area contributed by atoms with Crippen LogP contribution in [0.25, 0.3) is 0 Å². The summed E-state index contributed by atoms with van der Waals surface area (Å²) in [5.74, 6) is -0.777. The lowest BCUT2D eigenvalue weighted by Gasteiger charge is -2.31. The number of anilines is 1. The fourth-order valence-electron chi connectivity index (χ4n) is 3.89. The third-order valence-electron chi connectivity index (χ3n) is 5.43. The highest BCUT2D eigenvalue weighted by molar-refractivity contribution is 6.09. The number of carbonyl (C=O) groups excluding carboxylic acids is 2. The van der Waals surface area contributed by atoms with Crippen molar-refractivity contribution in [3.8, 4) is 5.75 Å². The summed E-state index contributed by atoms with van der Waals surface area (Å²) in [5.41, 5.74) is 7.00. The van der Waals surface area contributed by atoms with Gasteiger partial charge in [-0.25, -0.2) is 9.79 Å². The smallest absolute Gasteiger partial charge is 0.341 e. The number of carbonyl (C=O) groups is 2. The molecular weight excluding hydrogens is 346 g/mol. The van der Waals surface area contributed by atoms with E-state index in [2.05, 4.69) is 10.3 Å². The summed E-state index contributed by atoms with van der Waals surface area (Å²) in [7, 11) is 0. The zero-order valence-corrected chi connectivity index (χ0v) is 15.6. The van der Waals surface area contributed by atoms with Crippen molar-refractivity contribution in [2.75, 3.05) is 12.3 Å². The maximum atomic E-state index is 12.9. The molecule has 27 heavy (non-hydrogen) atoms. The molecule has 4 N–H and O–H groups in total. The maximum absolute atomic E-state index is 12.9. The predicted molar refractivity (Wildman–Crippen MR) is 103 cm³/mol. The number of nitrogens with one attached hydrogen (secondary N) is 1. The molecule has 146 valence electrons. The van der Waals surface area contributed by atoms with Crippen molar-refractivity contribution in [1.82, 2.24) is 5.32 Å². The fourth-order valence-corrected chi connectivity index (χ4v) is 3.89. The second-order valence-corrected chi connectivity index (χ2v) is 7.31. The number of nitrogens with zero attached hydrogens (tertiary/aromatic N) is 1. The topological polar surface area (TPSA) is 114 Å². The van der Waals surface area contributed by atoms with Crippen LogP contribution in [0, 0.1) is 11.8 Å². The summed E-state index contributed by atoms with van der Waals surface area (Å²) in [6, 6.07) is 3.58. The first-order valence-corrected chi connectivity index (χ1v) is 9.62. The van der Waals surface area contributed by atoms with E-state index in [0.29, 0.717) is 30.2 Å². The highest BCUT2D eigenvalue weighted by Crippen LogP contribution is 2.33. The number of benzene rings is 1. The molecule has 0 saturated heterocycles. The van der Waals surface area contributed by atoms with E-state index in [-0.39, 0.29) is 17.4 Å². The van der Waals surface area contributed by atoms with Crippen molar-refractivity contribution >= 4 is 23.4 Å². The Balaban J connectivity index is 1.81. The molecule has 0 spiro atoms. The molecule has 0 radical (unpaired) electrons. The first-order valence-electron chi connectivity index (χ1n) is 9.62. The Hall–Kier alpha value is -2.57. The predicted octanol–water partition coefficient (Wildman–Crippen LogP) is 3.33. The van der Waals surface area contributed by atoms with Crippen LogP contribution in [0.15, 0.2) is 23.2 Å². The van der Waals surface area contributed by atoms with Crippen LogP contribution in [0.3, 0.4) is 0 Å². The molecule has 1 fully saturated rings. The fraction of sp³-hybridized carbons (Fsp3) is 0.550. The number of aromatic hydroxyl groups is 1. The van der Waals surface area contributed by atoms with Crippen molar-refractivity contribution in [3.05, 3.63) is 23.8 Å². The molecule has 1 aliphatic heterocycles. The number of urea groups is 1. The lowest BCUT2D eigenvalue weighted by atomic mass is 9.86. The third-order valence-corrected chi connectivity index (χ3v) is 5.43. The molecule has 1 aromatic rings. The number of phenolic OH excluding ortho intramolecular Hbond substituents is 1. The second-order valence-electron chi connectivity index (χ2n) is 7.31. The van der Waals surface area contributed by atoms with Crippen LogP contribution in [0.5, 0.6) is 5.75 Å². The van der Waals surface area contributed by atoms with Gasteiger partial charge in [-0.15, -0.1) is 0 Å². The van der Waals surface area contributed by atoms with Gasteiger partial charge in [0.25, 0.3) is 0 Å². The van der Waals surface area contributed by atoms with Gasteiger partial charge in [-0.2, -0.15) is 0 Å². The minimum Gasteiger partial charge on any atom is -0.506 e. The molecule has 1 aromatic carbocycles. The molecular formula is C20H27N3O4. The molecule has 0 aromatic heterocycles. The third kappa shape index (κ3) is 4.40. The molecule has 7 nitrogen and oxygen atoms in total. The van der Waals surface area contributed by atoms with Gasteiger partial charge >= 0.3 is 12.0 Å². The first-order chi connectivity index (χ1) is 13.0. The van der Waals surface area contributed by atoms with Gasteiger partial charge in [0.05, 0.1) is 18.3 Å². The number of hydrogen-bond acceptors (Lipinski definition) is 5. The van der Waals surface area contributed by atoms with Crippen LogP contribution in [0.4, 0.5) is 10.5 Å². The molecule has 0 bridgehead atoms. The summed E-state index contributed by atoms with van der Waals surface area (Å²) in [5, 5.41) is 12.7. The number of ether oxygens (including phenoxy) is 1. The first kappa shape index (κ1) is 19.2. The van der Waals surface area contributed by atoms with Gasteiger partial charge in [-0.3, -0.25) is 4.79 Å².